The average molecular weight is 297 g/mol. The van der Waals surface area contributed by atoms with E-state index in [0.717, 1.165) is 31.4 Å². The quantitative estimate of drug-likeness (QED) is 0.761. The van der Waals surface area contributed by atoms with E-state index in [1.54, 1.807) is 6.07 Å². The van der Waals surface area contributed by atoms with Crippen molar-refractivity contribution in [1.29, 1.82) is 0 Å². The fourth-order valence-electron chi connectivity index (χ4n) is 2.33. The normalized spacial score (nSPS) is 13.3. The van der Waals surface area contributed by atoms with Gasteiger partial charge in [0.05, 0.1) is 10.6 Å². The Hall–Kier alpha value is -0.870. The van der Waals surface area contributed by atoms with Gasteiger partial charge in [0.1, 0.15) is 0 Å². The Bertz CT molecular complexity index is 497. The monoisotopic (exact) mass is 297 g/mol. The summed E-state index contributed by atoms with van der Waals surface area (Å²) < 4.78 is 24.6. The molecule has 1 aromatic rings. The first kappa shape index (κ1) is 17.2. The zero-order chi connectivity index (χ0) is 15.0. The highest BCUT2D eigenvalue weighted by atomic mass is 32.2. The van der Waals surface area contributed by atoms with E-state index in [4.69, 9.17) is 0 Å². The van der Waals surface area contributed by atoms with Crippen molar-refractivity contribution < 1.29 is 8.42 Å². The van der Waals surface area contributed by atoms with Crippen LogP contribution in [0.1, 0.15) is 45.6 Å². The molecule has 0 heterocycles. The van der Waals surface area contributed by atoms with Gasteiger partial charge in [-0.1, -0.05) is 39.0 Å². The number of benzene rings is 1. The molecule has 0 saturated heterocycles. The third-order valence-corrected chi connectivity index (χ3v) is 5.44. The van der Waals surface area contributed by atoms with E-state index in [0.29, 0.717) is 17.4 Å². The number of rotatable bonds is 9. The van der Waals surface area contributed by atoms with Crippen LogP contribution in [0.15, 0.2) is 29.2 Å². The largest absolute Gasteiger partial charge is 0.314 e. The van der Waals surface area contributed by atoms with Crippen LogP contribution in [0.2, 0.25) is 0 Å². The van der Waals surface area contributed by atoms with E-state index >= 15 is 0 Å². The van der Waals surface area contributed by atoms with Gasteiger partial charge in [0, 0.05) is 6.04 Å². The summed E-state index contributed by atoms with van der Waals surface area (Å²) in [4.78, 5) is 0.513. The van der Waals surface area contributed by atoms with Crippen molar-refractivity contribution in [2.45, 2.75) is 57.4 Å². The Labute approximate surface area is 123 Å². The van der Waals surface area contributed by atoms with Gasteiger partial charge in [0.2, 0.25) is 0 Å². The van der Waals surface area contributed by atoms with E-state index in [1.165, 1.54) is 0 Å². The van der Waals surface area contributed by atoms with Crippen molar-refractivity contribution in [3.05, 3.63) is 29.8 Å². The van der Waals surface area contributed by atoms with Gasteiger partial charge in [-0.15, -0.1) is 0 Å². The topological polar surface area (TPSA) is 46.2 Å². The SMILES string of the molecule is CCCNC(CC)Cc1ccccc1S(=O)(=O)CCC. The Morgan fingerprint density at radius 2 is 1.80 bits per heavy atom. The fourth-order valence-corrected chi connectivity index (χ4v) is 3.92. The van der Waals surface area contributed by atoms with E-state index in [2.05, 4.69) is 19.2 Å². The Kier molecular flexibility index (Phi) is 7.24. The molecular formula is C16H27NO2S. The van der Waals surface area contributed by atoms with Crippen LogP contribution in [0.25, 0.3) is 0 Å². The molecule has 3 nitrogen and oxygen atoms in total. The van der Waals surface area contributed by atoms with Gasteiger partial charge in [0.15, 0.2) is 9.84 Å². The molecule has 1 atom stereocenters. The fraction of sp³-hybridized carbons (Fsp3) is 0.625. The smallest absolute Gasteiger partial charge is 0.178 e. The molecule has 0 radical (unpaired) electrons. The minimum atomic E-state index is -3.14. The highest BCUT2D eigenvalue weighted by Crippen LogP contribution is 2.20. The summed E-state index contributed by atoms with van der Waals surface area (Å²) in [5.41, 5.74) is 0.941. The molecule has 0 aliphatic carbocycles. The van der Waals surface area contributed by atoms with Crippen LogP contribution < -0.4 is 5.32 Å². The Balaban J connectivity index is 2.95. The molecule has 1 unspecified atom stereocenters. The molecule has 0 bridgehead atoms. The third-order valence-electron chi connectivity index (χ3n) is 3.42. The van der Waals surface area contributed by atoms with Gasteiger partial charge >= 0.3 is 0 Å². The molecule has 0 aromatic heterocycles. The number of hydrogen-bond donors (Lipinski definition) is 1. The van der Waals surface area contributed by atoms with Crippen molar-refractivity contribution in [2.75, 3.05) is 12.3 Å². The second kappa shape index (κ2) is 8.42. The molecule has 20 heavy (non-hydrogen) atoms. The molecule has 1 aromatic carbocycles. The van der Waals surface area contributed by atoms with Gasteiger partial charge < -0.3 is 5.32 Å². The molecule has 0 aliphatic heterocycles. The molecular weight excluding hydrogens is 270 g/mol. The second-order valence-electron chi connectivity index (χ2n) is 5.19. The lowest BCUT2D eigenvalue weighted by Gasteiger charge is -2.18. The maximum atomic E-state index is 12.3. The van der Waals surface area contributed by atoms with Gasteiger partial charge in [-0.3, -0.25) is 0 Å². The van der Waals surface area contributed by atoms with E-state index < -0.39 is 9.84 Å². The second-order valence-corrected chi connectivity index (χ2v) is 7.27. The molecule has 1 N–H and O–H groups in total. The maximum absolute atomic E-state index is 12.3. The van der Waals surface area contributed by atoms with Crippen molar-refractivity contribution in [3.8, 4) is 0 Å². The number of hydrogen-bond acceptors (Lipinski definition) is 3. The first-order chi connectivity index (χ1) is 9.55. The first-order valence-electron chi connectivity index (χ1n) is 7.59. The van der Waals surface area contributed by atoms with Crippen molar-refractivity contribution in [2.24, 2.45) is 0 Å². The Morgan fingerprint density at radius 1 is 1.10 bits per heavy atom. The van der Waals surface area contributed by atoms with Crippen LogP contribution in [-0.4, -0.2) is 26.8 Å². The lowest BCUT2D eigenvalue weighted by atomic mass is 10.0. The molecule has 1 rings (SSSR count). The van der Waals surface area contributed by atoms with Crippen LogP contribution in [0.4, 0.5) is 0 Å². The summed E-state index contributed by atoms with van der Waals surface area (Å²) in [6, 6.07) is 7.76. The van der Waals surface area contributed by atoms with E-state index in [1.807, 2.05) is 25.1 Å². The minimum Gasteiger partial charge on any atom is -0.314 e. The van der Waals surface area contributed by atoms with Crippen molar-refractivity contribution in [3.63, 3.8) is 0 Å². The van der Waals surface area contributed by atoms with Gasteiger partial charge in [0.25, 0.3) is 0 Å². The zero-order valence-electron chi connectivity index (χ0n) is 12.9. The minimum absolute atomic E-state index is 0.225. The molecule has 114 valence electrons. The number of sulfone groups is 1. The molecule has 0 fully saturated rings. The predicted molar refractivity (Wildman–Crippen MR) is 84.9 cm³/mol. The zero-order valence-corrected chi connectivity index (χ0v) is 13.7. The standard InChI is InChI=1S/C16H27NO2S/c1-4-11-17-15(6-3)13-14-9-7-8-10-16(14)20(18,19)12-5-2/h7-10,15,17H,4-6,11-13H2,1-3H3. The Morgan fingerprint density at radius 3 is 2.40 bits per heavy atom. The summed E-state index contributed by atoms with van der Waals surface area (Å²) in [6.07, 6.45) is 3.52. The average Bonchev–Trinajstić information content (AvgIpc) is 2.43. The van der Waals surface area contributed by atoms with Crippen LogP contribution in [0.3, 0.4) is 0 Å². The lowest BCUT2D eigenvalue weighted by molar-refractivity contribution is 0.491. The summed E-state index contributed by atoms with van der Waals surface area (Å²) in [5.74, 6) is 0.225. The van der Waals surface area contributed by atoms with Gasteiger partial charge in [-0.25, -0.2) is 8.42 Å². The highest BCUT2D eigenvalue weighted by Gasteiger charge is 2.18. The lowest BCUT2D eigenvalue weighted by Crippen LogP contribution is -2.31. The molecule has 0 spiro atoms. The molecule has 0 aliphatic rings. The predicted octanol–water partition coefficient (Wildman–Crippen LogP) is 3.19. The van der Waals surface area contributed by atoms with Crippen molar-refractivity contribution >= 4 is 9.84 Å². The van der Waals surface area contributed by atoms with E-state index in [9.17, 15) is 8.42 Å². The van der Waals surface area contributed by atoms with E-state index in [-0.39, 0.29) is 5.75 Å². The number of nitrogens with one attached hydrogen (secondary N) is 1. The molecule has 0 saturated carbocycles. The molecule has 4 heteroatoms. The highest BCUT2D eigenvalue weighted by molar-refractivity contribution is 7.91. The van der Waals surface area contributed by atoms with Crippen LogP contribution in [0.5, 0.6) is 0 Å². The summed E-state index contributed by atoms with van der Waals surface area (Å²) in [6.45, 7) is 7.15. The van der Waals surface area contributed by atoms with Gasteiger partial charge in [-0.05, 0) is 43.9 Å². The van der Waals surface area contributed by atoms with Crippen LogP contribution in [0, 0.1) is 0 Å². The van der Waals surface area contributed by atoms with Crippen LogP contribution in [-0.2, 0) is 16.3 Å². The maximum Gasteiger partial charge on any atom is 0.178 e. The van der Waals surface area contributed by atoms with Crippen molar-refractivity contribution in [1.82, 2.24) is 5.32 Å². The van der Waals surface area contributed by atoms with Crippen LogP contribution >= 0.6 is 0 Å². The summed E-state index contributed by atoms with van der Waals surface area (Å²) in [7, 11) is -3.14. The summed E-state index contributed by atoms with van der Waals surface area (Å²) >= 11 is 0. The molecule has 0 amide bonds. The van der Waals surface area contributed by atoms with Gasteiger partial charge in [-0.2, -0.15) is 0 Å². The first-order valence-corrected chi connectivity index (χ1v) is 9.24. The summed E-state index contributed by atoms with van der Waals surface area (Å²) in [5, 5.41) is 3.48. The third kappa shape index (κ3) is 4.91.